The van der Waals surface area contributed by atoms with E-state index in [1.165, 1.54) is 13.3 Å². The van der Waals surface area contributed by atoms with Crippen molar-refractivity contribution in [1.29, 1.82) is 0 Å². The minimum atomic E-state index is -0.413. The van der Waals surface area contributed by atoms with Gasteiger partial charge in [0.05, 0.1) is 55.5 Å². The molecule has 0 aliphatic carbocycles. The summed E-state index contributed by atoms with van der Waals surface area (Å²) in [4.78, 5) is 12.9. The van der Waals surface area contributed by atoms with E-state index in [2.05, 4.69) is 20.3 Å². The summed E-state index contributed by atoms with van der Waals surface area (Å²) in [5.41, 5.74) is 2.45. The summed E-state index contributed by atoms with van der Waals surface area (Å²) in [6.45, 7) is 2.61. The van der Waals surface area contributed by atoms with E-state index in [1.807, 2.05) is 6.07 Å². The van der Waals surface area contributed by atoms with Crippen molar-refractivity contribution in [3.05, 3.63) is 47.7 Å². The Morgan fingerprint density at radius 1 is 1.09 bits per heavy atom. The molecule has 0 atom stereocenters. The van der Waals surface area contributed by atoms with Gasteiger partial charge in [-0.15, -0.1) is 0 Å². The molecule has 1 fully saturated rings. The lowest BCUT2D eigenvalue weighted by molar-refractivity contribution is -0.192. The van der Waals surface area contributed by atoms with Crippen LogP contribution in [0.4, 0.5) is 4.39 Å². The summed E-state index contributed by atoms with van der Waals surface area (Å²) >= 11 is 0. The van der Waals surface area contributed by atoms with Gasteiger partial charge in [-0.05, 0) is 12.5 Å². The molecule has 0 saturated carbocycles. The van der Waals surface area contributed by atoms with Crippen LogP contribution >= 0.6 is 0 Å². The first kappa shape index (κ1) is 21.7. The van der Waals surface area contributed by atoms with E-state index >= 15 is 0 Å². The van der Waals surface area contributed by atoms with Crippen LogP contribution in [0.3, 0.4) is 0 Å². The predicted molar refractivity (Wildman–Crippen MR) is 116 cm³/mol. The molecule has 0 aromatic carbocycles. The van der Waals surface area contributed by atoms with Gasteiger partial charge in [-0.25, -0.2) is 9.37 Å². The second-order valence-electron chi connectivity index (χ2n) is 7.84. The summed E-state index contributed by atoms with van der Waals surface area (Å²) in [6.07, 6.45) is 3.41. The lowest BCUT2D eigenvalue weighted by Gasteiger charge is -2.30. The van der Waals surface area contributed by atoms with E-state index in [9.17, 15) is 4.39 Å². The van der Waals surface area contributed by atoms with Gasteiger partial charge < -0.3 is 29.0 Å². The highest BCUT2D eigenvalue weighted by Gasteiger charge is 2.23. The molecule has 0 unspecified atom stereocenters. The fraction of sp³-hybridized carbons (Fsp3) is 0.435. The monoisotopic (exact) mass is 456 g/mol. The fourth-order valence-corrected chi connectivity index (χ4v) is 3.85. The Bertz CT molecular complexity index is 1120. The highest BCUT2D eigenvalue weighted by Crippen LogP contribution is 2.29. The molecule has 2 aliphatic heterocycles. The maximum atomic E-state index is 14.5. The van der Waals surface area contributed by atoms with Gasteiger partial charge in [-0.1, -0.05) is 0 Å². The zero-order valence-electron chi connectivity index (χ0n) is 18.3. The SMILES string of the molecule is COc1ccc2ncc(F)c(CCC3OCC(NCc4cc5c(cn4)OCCO5)CO3)c2n1. The van der Waals surface area contributed by atoms with Gasteiger partial charge in [-0.2, -0.15) is 0 Å². The first-order chi connectivity index (χ1) is 16.2. The first-order valence-electron chi connectivity index (χ1n) is 10.9. The molecule has 2 aliphatic rings. The Labute approximate surface area is 190 Å². The zero-order chi connectivity index (χ0) is 22.6. The lowest BCUT2D eigenvalue weighted by Crippen LogP contribution is -2.44. The number of aromatic nitrogens is 3. The average molecular weight is 456 g/mol. The predicted octanol–water partition coefficient (Wildman–Crippen LogP) is 2.41. The lowest BCUT2D eigenvalue weighted by atomic mass is 10.1. The molecule has 0 amide bonds. The third-order valence-electron chi connectivity index (χ3n) is 5.60. The van der Waals surface area contributed by atoms with E-state index in [0.717, 1.165) is 5.69 Å². The Kier molecular flexibility index (Phi) is 6.47. The molecule has 174 valence electrons. The van der Waals surface area contributed by atoms with Crippen molar-refractivity contribution >= 4 is 11.0 Å². The number of halogens is 1. The maximum Gasteiger partial charge on any atom is 0.213 e. The van der Waals surface area contributed by atoms with E-state index in [-0.39, 0.29) is 6.04 Å². The van der Waals surface area contributed by atoms with E-state index in [0.29, 0.717) is 79.8 Å². The number of ether oxygens (including phenoxy) is 5. The molecule has 3 aromatic heterocycles. The minimum absolute atomic E-state index is 0.0284. The van der Waals surface area contributed by atoms with Crippen molar-refractivity contribution in [1.82, 2.24) is 20.3 Å². The van der Waals surface area contributed by atoms with Gasteiger partial charge in [0.1, 0.15) is 19.0 Å². The Morgan fingerprint density at radius 3 is 2.73 bits per heavy atom. The summed E-state index contributed by atoms with van der Waals surface area (Å²) < 4.78 is 42.5. The van der Waals surface area contributed by atoms with Gasteiger partial charge in [0.25, 0.3) is 0 Å². The van der Waals surface area contributed by atoms with Gasteiger partial charge in [0.2, 0.25) is 5.88 Å². The summed E-state index contributed by atoms with van der Waals surface area (Å²) in [5, 5.41) is 3.38. The van der Waals surface area contributed by atoms with Crippen LogP contribution in [-0.4, -0.2) is 60.8 Å². The van der Waals surface area contributed by atoms with E-state index in [4.69, 9.17) is 23.7 Å². The highest BCUT2D eigenvalue weighted by atomic mass is 19.1. The second-order valence-corrected chi connectivity index (χ2v) is 7.84. The third kappa shape index (κ3) is 4.97. The molecule has 0 radical (unpaired) electrons. The number of hydrogen-bond donors (Lipinski definition) is 1. The third-order valence-corrected chi connectivity index (χ3v) is 5.60. The van der Waals surface area contributed by atoms with Crippen LogP contribution < -0.4 is 19.5 Å². The van der Waals surface area contributed by atoms with Crippen LogP contribution in [-0.2, 0) is 22.4 Å². The summed E-state index contributed by atoms with van der Waals surface area (Å²) in [6, 6.07) is 5.38. The molecule has 9 nitrogen and oxygen atoms in total. The van der Waals surface area contributed by atoms with Crippen LogP contribution in [0.25, 0.3) is 11.0 Å². The van der Waals surface area contributed by atoms with Crippen LogP contribution in [0, 0.1) is 5.82 Å². The summed E-state index contributed by atoms with van der Waals surface area (Å²) in [7, 11) is 1.53. The first-order valence-corrected chi connectivity index (χ1v) is 10.9. The number of aryl methyl sites for hydroxylation is 1. The molecule has 5 rings (SSSR count). The quantitative estimate of drug-likeness (QED) is 0.575. The fourth-order valence-electron chi connectivity index (χ4n) is 3.85. The number of fused-ring (bicyclic) bond motifs is 2. The van der Waals surface area contributed by atoms with Gasteiger partial charge in [0.15, 0.2) is 17.8 Å². The number of hydrogen-bond acceptors (Lipinski definition) is 9. The van der Waals surface area contributed by atoms with Crippen molar-refractivity contribution in [2.24, 2.45) is 0 Å². The number of nitrogens with zero attached hydrogens (tertiary/aromatic N) is 3. The van der Waals surface area contributed by atoms with Gasteiger partial charge in [-0.3, -0.25) is 9.97 Å². The van der Waals surface area contributed by atoms with Crippen LogP contribution in [0.1, 0.15) is 17.7 Å². The largest absolute Gasteiger partial charge is 0.486 e. The maximum absolute atomic E-state index is 14.5. The van der Waals surface area contributed by atoms with Crippen molar-refractivity contribution in [3.63, 3.8) is 0 Å². The van der Waals surface area contributed by atoms with E-state index in [1.54, 1.807) is 18.3 Å². The number of methoxy groups -OCH3 is 1. The molecular weight excluding hydrogens is 431 g/mol. The van der Waals surface area contributed by atoms with Crippen LogP contribution in [0.2, 0.25) is 0 Å². The van der Waals surface area contributed by atoms with Crippen LogP contribution in [0.15, 0.2) is 30.6 Å². The van der Waals surface area contributed by atoms with Crippen molar-refractivity contribution in [2.45, 2.75) is 31.7 Å². The van der Waals surface area contributed by atoms with Gasteiger partial charge in [0, 0.05) is 30.7 Å². The number of rotatable bonds is 7. The highest BCUT2D eigenvalue weighted by molar-refractivity contribution is 5.78. The molecule has 10 heteroatoms. The second kappa shape index (κ2) is 9.82. The topological polar surface area (TPSA) is 96.9 Å². The Hall–Kier alpha value is -3.08. The van der Waals surface area contributed by atoms with Crippen LogP contribution in [0.5, 0.6) is 17.4 Å². The molecule has 5 heterocycles. The van der Waals surface area contributed by atoms with Crippen molar-refractivity contribution in [2.75, 3.05) is 33.5 Å². The van der Waals surface area contributed by atoms with Gasteiger partial charge >= 0.3 is 0 Å². The molecule has 1 saturated heterocycles. The Morgan fingerprint density at radius 2 is 1.91 bits per heavy atom. The molecular formula is C23H25FN4O5. The van der Waals surface area contributed by atoms with Crippen molar-refractivity contribution < 1.29 is 28.1 Å². The van der Waals surface area contributed by atoms with Crippen molar-refractivity contribution in [3.8, 4) is 17.4 Å². The number of pyridine rings is 3. The van der Waals surface area contributed by atoms with E-state index < -0.39 is 12.1 Å². The molecule has 3 aromatic rings. The molecule has 1 N–H and O–H groups in total. The standard InChI is InChI=1S/C23H25FN4O5/c1-29-21-4-3-18-23(28-21)16(17(24)10-27-18)2-5-22-32-12-15(13-33-22)25-9-14-8-19-20(11-26-14)31-7-6-30-19/h3-4,8,10-11,15,22,25H,2,5-7,9,12-13H2,1H3. The molecule has 0 spiro atoms. The molecule has 0 bridgehead atoms. The zero-order valence-corrected chi connectivity index (χ0v) is 18.3. The number of nitrogens with one attached hydrogen (secondary N) is 1. The Balaban J connectivity index is 1.13. The average Bonchev–Trinajstić information content (AvgIpc) is 2.87. The summed E-state index contributed by atoms with van der Waals surface area (Å²) in [5.74, 6) is 1.41. The molecule has 33 heavy (non-hydrogen) atoms. The smallest absolute Gasteiger partial charge is 0.213 e. The normalized spacial score (nSPS) is 20.1. The minimum Gasteiger partial charge on any atom is -0.486 e.